The monoisotopic (exact) mass is 165 g/mol. The Balaban J connectivity index is 0.000000810. The van der Waals surface area contributed by atoms with Crippen molar-refractivity contribution in [2.45, 2.75) is 18.9 Å². The molecule has 1 saturated carbocycles. The van der Waals surface area contributed by atoms with E-state index < -0.39 is 0 Å². The van der Waals surface area contributed by atoms with Crippen LogP contribution in [0.5, 0.6) is 0 Å². The van der Waals surface area contributed by atoms with Gasteiger partial charge in [0.2, 0.25) is 0 Å². The van der Waals surface area contributed by atoms with Crippen molar-refractivity contribution < 1.29 is 5.11 Å². The van der Waals surface area contributed by atoms with Crippen LogP contribution in [-0.4, -0.2) is 36.8 Å². The minimum atomic E-state index is 0. The maximum absolute atomic E-state index is 8.91. The third kappa shape index (κ3) is 2.86. The van der Waals surface area contributed by atoms with Crippen molar-refractivity contribution in [2.24, 2.45) is 5.92 Å². The zero-order valence-electron chi connectivity index (χ0n) is 6.58. The number of hydrogen-bond acceptors (Lipinski definition) is 2. The summed E-state index contributed by atoms with van der Waals surface area (Å²) in [4.78, 5) is 2.18. The molecule has 1 N–H and O–H groups in total. The van der Waals surface area contributed by atoms with E-state index in [4.69, 9.17) is 5.11 Å². The number of aliphatic hydroxyl groups excluding tert-OH is 1. The molecule has 0 aromatic rings. The lowest BCUT2D eigenvalue weighted by Crippen LogP contribution is -2.35. The Morgan fingerprint density at radius 1 is 1.40 bits per heavy atom. The third-order valence-electron chi connectivity index (χ3n) is 1.83. The highest BCUT2D eigenvalue weighted by atomic mass is 35.5. The summed E-state index contributed by atoms with van der Waals surface area (Å²) in [7, 11) is 4.15. The van der Waals surface area contributed by atoms with Crippen molar-refractivity contribution in [3.8, 4) is 0 Å². The van der Waals surface area contributed by atoms with Crippen LogP contribution in [0.15, 0.2) is 0 Å². The highest BCUT2D eigenvalue weighted by Crippen LogP contribution is 2.26. The Morgan fingerprint density at radius 3 is 2.20 bits per heavy atom. The fraction of sp³-hybridized carbons (Fsp3) is 1.00. The number of aliphatic hydroxyl groups is 1. The summed E-state index contributed by atoms with van der Waals surface area (Å²) < 4.78 is 0. The Hall–Kier alpha value is 0.210. The first-order valence-corrected chi connectivity index (χ1v) is 3.51. The van der Waals surface area contributed by atoms with E-state index >= 15 is 0 Å². The normalized spacial score (nSPS) is 31.2. The minimum absolute atomic E-state index is 0. The maximum Gasteiger partial charge on any atom is 0.0546 e. The summed E-state index contributed by atoms with van der Waals surface area (Å²) in [6.07, 6.45) is 2.03. The first kappa shape index (κ1) is 10.2. The Kier molecular flexibility index (Phi) is 4.25. The van der Waals surface area contributed by atoms with Crippen molar-refractivity contribution in [2.75, 3.05) is 20.6 Å². The largest absolute Gasteiger partial charge is 0.393 e. The maximum atomic E-state index is 8.91. The van der Waals surface area contributed by atoms with Crippen molar-refractivity contribution in [3.05, 3.63) is 0 Å². The van der Waals surface area contributed by atoms with E-state index in [1.807, 2.05) is 0 Å². The van der Waals surface area contributed by atoms with Gasteiger partial charge in [-0.1, -0.05) is 0 Å². The zero-order chi connectivity index (χ0) is 6.85. The summed E-state index contributed by atoms with van der Waals surface area (Å²) in [5.74, 6) is 0.759. The number of halogens is 1. The lowest BCUT2D eigenvalue weighted by Gasteiger charge is -2.33. The van der Waals surface area contributed by atoms with Crippen molar-refractivity contribution in [1.29, 1.82) is 0 Å². The zero-order valence-corrected chi connectivity index (χ0v) is 7.40. The van der Waals surface area contributed by atoms with Crippen LogP contribution in [0.3, 0.4) is 0 Å². The van der Waals surface area contributed by atoms with Crippen LogP contribution in [0.2, 0.25) is 0 Å². The van der Waals surface area contributed by atoms with Crippen LogP contribution >= 0.6 is 12.4 Å². The summed E-state index contributed by atoms with van der Waals surface area (Å²) in [6.45, 7) is 1.14. The molecule has 0 aliphatic heterocycles. The van der Waals surface area contributed by atoms with E-state index in [1.54, 1.807) is 0 Å². The van der Waals surface area contributed by atoms with E-state index in [-0.39, 0.29) is 18.5 Å². The molecular formula is C7H16ClNO. The standard InChI is InChI=1S/C7H15NO.ClH/c1-8(2)5-6-3-7(9)4-6;/h6-7,9H,3-5H2,1-2H3;1H. The number of nitrogens with zero attached hydrogens (tertiary/aromatic N) is 1. The minimum Gasteiger partial charge on any atom is -0.393 e. The van der Waals surface area contributed by atoms with Gasteiger partial charge in [-0.15, -0.1) is 12.4 Å². The SMILES string of the molecule is CN(C)CC1CC(O)C1.Cl. The van der Waals surface area contributed by atoms with Gasteiger partial charge in [0.15, 0.2) is 0 Å². The average Bonchev–Trinajstić information content (AvgIpc) is 1.60. The molecular weight excluding hydrogens is 150 g/mol. The van der Waals surface area contributed by atoms with Gasteiger partial charge in [0.1, 0.15) is 0 Å². The fourth-order valence-electron chi connectivity index (χ4n) is 1.37. The highest BCUT2D eigenvalue weighted by molar-refractivity contribution is 5.85. The van der Waals surface area contributed by atoms with Crippen LogP contribution in [0.1, 0.15) is 12.8 Å². The molecule has 1 aliphatic carbocycles. The van der Waals surface area contributed by atoms with E-state index in [2.05, 4.69) is 19.0 Å². The number of rotatable bonds is 2. The summed E-state index contributed by atoms with van der Waals surface area (Å²) in [5.41, 5.74) is 0. The Morgan fingerprint density at radius 2 is 1.90 bits per heavy atom. The van der Waals surface area contributed by atoms with Gasteiger partial charge in [0, 0.05) is 6.54 Å². The molecule has 1 fully saturated rings. The van der Waals surface area contributed by atoms with Crippen molar-refractivity contribution in [1.82, 2.24) is 4.90 Å². The molecule has 62 valence electrons. The Bertz CT molecular complexity index is 91.6. The first-order valence-electron chi connectivity index (χ1n) is 3.51. The molecule has 0 aromatic carbocycles. The molecule has 0 heterocycles. The molecule has 1 aliphatic rings. The molecule has 0 bridgehead atoms. The van der Waals surface area contributed by atoms with Crippen LogP contribution in [-0.2, 0) is 0 Å². The molecule has 0 radical (unpaired) electrons. The molecule has 0 amide bonds. The summed E-state index contributed by atoms with van der Waals surface area (Å²) >= 11 is 0. The van der Waals surface area contributed by atoms with Crippen molar-refractivity contribution in [3.63, 3.8) is 0 Å². The molecule has 0 atom stereocenters. The van der Waals surface area contributed by atoms with Crippen molar-refractivity contribution >= 4 is 12.4 Å². The van der Waals surface area contributed by atoms with Crippen LogP contribution in [0.25, 0.3) is 0 Å². The third-order valence-corrected chi connectivity index (χ3v) is 1.83. The predicted molar refractivity (Wildman–Crippen MR) is 44.5 cm³/mol. The van der Waals surface area contributed by atoms with Gasteiger partial charge >= 0.3 is 0 Å². The van der Waals surface area contributed by atoms with E-state index in [9.17, 15) is 0 Å². The first-order chi connectivity index (χ1) is 4.18. The van der Waals surface area contributed by atoms with Crippen LogP contribution < -0.4 is 0 Å². The summed E-state index contributed by atoms with van der Waals surface area (Å²) in [6, 6.07) is 0. The number of hydrogen-bond donors (Lipinski definition) is 1. The molecule has 0 aromatic heterocycles. The second-order valence-corrected chi connectivity index (χ2v) is 3.25. The summed E-state index contributed by atoms with van der Waals surface area (Å²) in [5, 5.41) is 8.91. The van der Waals surface area contributed by atoms with Crippen LogP contribution in [0, 0.1) is 5.92 Å². The molecule has 1 rings (SSSR count). The second-order valence-electron chi connectivity index (χ2n) is 3.25. The predicted octanol–water partition coefficient (Wildman–Crippen LogP) is 0.741. The van der Waals surface area contributed by atoms with Gasteiger partial charge in [-0.2, -0.15) is 0 Å². The van der Waals surface area contributed by atoms with E-state index in [0.717, 1.165) is 25.3 Å². The van der Waals surface area contributed by atoms with Gasteiger partial charge < -0.3 is 10.0 Å². The molecule has 0 spiro atoms. The van der Waals surface area contributed by atoms with Gasteiger partial charge in [-0.3, -0.25) is 0 Å². The molecule has 3 heteroatoms. The van der Waals surface area contributed by atoms with E-state index in [0.29, 0.717) is 0 Å². The molecule has 0 unspecified atom stereocenters. The molecule has 0 saturated heterocycles. The molecule has 10 heavy (non-hydrogen) atoms. The van der Waals surface area contributed by atoms with Gasteiger partial charge in [0.25, 0.3) is 0 Å². The van der Waals surface area contributed by atoms with E-state index in [1.165, 1.54) is 0 Å². The molecule has 2 nitrogen and oxygen atoms in total. The second kappa shape index (κ2) is 4.16. The highest BCUT2D eigenvalue weighted by Gasteiger charge is 2.26. The van der Waals surface area contributed by atoms with Gasteiger partial charge in [0.05, 0.1) is 6.10 Å². The fourth-order valence-corrected chi connectivity index (χ4v) is 1.37. The lowest BCUT2D eigenvalue weighted by molar-refractivity contribution is 0.0316. The van der Waals surface area contributed by atoms with Crippen LogP contribution in [0.4, 0.5) is 0 Å². The lowest BCUT2D eigenvalue weighted by atomic mass is 9.82. The quantitative estimate of drug-likeness (QED) is 0.653. The van der Waals surface area contributed by atoms with Gasteiger partial charge in [-0.05, 0) is 32.9 Å². The van der Waals surface area contributed by atoms with Gasteiger partial charge in [-0.25, -0.2) is 0 Å². The topological polar surface area (TPSA) is 23.5 Å². The smallest absolute Gasteiger partial charge is 0.0546 e. The Labute approximate surface area is 68.6 Å². The average molecular weight is 166 g/mol.